The predicted molar refractivity (Wildman–Crippen MR) is 128 cm³/mol. The van der Waals surface area contributed by atoms with Crippen LogP contribution in [0.1, 0.15) is 19.8 Å². The maximum absolute atomic E-state index is 15.5. The zero-order chi connectivity index (χ0) is 23.6. The Balaban J connectivity index is 1.39. The van der Waals surface area contributed by atoms with Crippen molar-refractivity contribution in [2.75, 3.05) is 31.2 Å². The molecule has 0 saturated carbocycles. The minimum Gasteiger partial charge on any atom is -0.379 e. The Kier molecular flexibility index (Phi) is 4.79. The molecule has 5 heterocycles. The van der Waals surface area contributed by atoms with Gasteiger partial charge in [0, 0.05) is 61.7 Å². The normalized spacial score (nSPS) is 20.2. The summed E-state index contributed by atoms with van der Waals surface area (Å²) in [6.45, 7) is 5.41. The molecule has 178 valence electrons. The number of ether oxygens (including phenoxy) is 1. The van der Waals surface area contributed by atoms with E-state index in [1.165, 1.54) is 0 Å². The first kappa shape index (κ1) is 21.3. The number of halogens is 1. The van der Waals surface area contributed by atoms with E-state index in [4.69, 9.17) is 15.5 Å². The first-order chi connectivity index (χ1) is 16.4. The van der Waals surface area contributed by atoms with Gasteiger partial charge in [-0.05, 0) is 31.9 Å². The summed E-state index contributed by atoms with van der Waals surface area (Å²) in [6.07, 6.45) is 5.16. The van der Waals surface area contributed by atoms with Crippen molar-refractivity contribution < 1.29 is 9.13 Å². The van der Waals surface area contributed by atoms with Crippen LogP contribution in [0.3, 0.4) is 0 Å². The van der Waals surface area contributed by atoms with Crippen LogP contribution in [0, 0.1) is 11.2 Å². The van der Waals surface area contributed by atoms with E-state index in [1.54, 1.807) is 40.8 Å². The van der Waals surface area contributed by atoms with Gasteiger partial charge in [-0.1, -0.05) is 0 Å². The molecular formula is C24H28FN7O2. The minimum absolute atomic E-state index is 0.0147. The number of hydrogen-bond acceptors (Lipinski definition) is 6. The average molecular weight is 466 g/mol. The van der Waals surface area contributed by atoms with Crippen LogP contribution in [0.5, 0.6) is 0 Å². The number of anilines is 1. The van der Waals surface area contributed by atoms with Crippen LogP contribution >= 0.6 is 0 Å². The first-order valence-corrected chi connectivity index (χ1v) is 11.7. The second-order valence-corrected chi connectivity index (χ2v) is 9.52. The number of nitrogens with zero attached hydrogens (tertiary/aromatic N) is 5. The number of fused-ring (bicyclic) bond motifs is 2. The van der Waals surface area contributed by atoms with E-state index in [-0.39, 0.29) is 22.8 Å². The van der Waals surface area contributed by atoms with Gasteiger partial charge in [0.15, 0.2) is 0 Å². The van der Waals surface area contributed by atoms with E-state index < -0.39 is 0 Å². The van der Waals surface area contributed by atoms with Gasteiger partial charge in [0.25, 0.3) is 5.56 Å². The topological polar surface area (TPSA) is 107 Å². The number of piperidine rings is 1. The summed E-state index contributed by atoms with van der Waals surface area (Å²) in [5.41, 5.74) is 8.03. The van der Waals surface area contributed by atoms with E-state index >= 15 is 4.39 Å². The van der Waals surface area contributed by atoms with Crippen LogP contribution in [-0.4, -0.2) is 56.7 Å². The Morgan fingerprint density at radius 3 is 2.79 bits per heavy atom. The SMILES string of the molecule is CCn1cc2c(F)c(-c3c[nH]c4nc(N5CCC6(CC5)COC[C@H]6N)n(C)c(=O)c34)ccc2n1. The number of aryl methyl sites for hydroxylation is 1. The molecule has 1 atom stereocenters. The summed E-state index contributed by atoms with van der Waals surface area (Å²) in [5, 5.41) is 5.19. The monoisotopic (exact) mass is 465 g/mol. The molecular weight excluding hydrogens is 437 g/mol. The fourth-order valence-corrected chi connectivity index (χ4v) is 5.47. The molecule has 2 aliphatic heterocycles. The lowest BCUT2D eigenvalue weighted by Gasteiger charge is -2.41. The summed E-state index contributed by atoms with van der Waals surface area (Å²) in [4.78, 5) is 23.5. The molecule has 2 fully saturated rings. The van der Waals surface area contributed by atoms with Gasteiger partial charge >= 0.3 is 0 Å². The summed E-state index contributed by atoms with van der Waals surface area (Å²) in [7, 11) is 1.72. The van der Waals surface area contributed by atoms with Gasteiger partial charge in [-0.3, -0.25) is 14.0 Å². The molecule has 0 radical (unpaired) electrons. The van der Waals surface area contributed by atoms with Crippen molar-refractivity contribution in [3.63, 3.8) is 0 Å². The Morgan fingerprint density at radius 2 is 2.09 bits per heavy atom. The van der Waals surface area contributed by atoms with Crippen molar-refractivity contribution in [2.45, 2.75) is 32.4 Å². The molecule has 9 nitrogen and oxygen atoms in total. The third-order valence-electron chi connectivity index (χ3n) is 7.69. The highest BCUT2D eigenvalue weighted by molar-refractivity contribution is 5.96. The molecule has 0 amide bonds. The number of nitrogens with two attached hydrogens (primary N) is 1. The molecule has 0 aliphatic carbocycles. The number of benzene rings is 1. The Bertz CT molecular complexity index is 1460. The quantitative estimate of drug-likeness (QED) is 0.481. The highest BCUT2D eigenvalue weighted by atomic mass is 19.1. The molecule has 0 unspecified atom stereocenters. The fourth-order valence-electron chi connectivity index (χ4n) is 5.47. The van der Waals surface area contributed by atoms with E-state index in [0.29, 0.717) is 58.8 Å². The number of aromatic amines is 1. The molecule has 3 N–H and O–H groups in total. The lowest BCUT2D eigenvalue weighted by molar-refractivity contribution is 0.131. The van der Waals surface area contributed by atoms with E-state index in [1.807, 2.05) is 6.92 Å². The van der Waals surface area contributed by atoms with Crippen LogP contribution < -0.4 is 16.2 Å². The molecule has 6 rings (SSSR count). The maximum Gasteiger partial charge on any atom is 0.264 e. The molecule has 10 heteroatoms. The van der Waals surface area contributed by atoms with Crippen molar-refractivity contribution in [1.82, 2.24) is 24.3 Å². The van der Waals surface area contributed by atoms with Gasteiger partial charge in [0.05, 0.1) is 29.5 Å². The average Bonchev–Trinajstić information content (AvgIpc) is 3.55. The fraction of sp³-hybridized carbons (Fsp3) is 0.458. The number of nitrogens with one attached hydrogen (secondary N) is 1. The summed E-state index contributed by atoms with van der Waals surface area (Å²) >= 11 is 0. The Hall–Kier alpha value is -3.24. The van der Waals surface area contributed by atoms with Gasteiger partial charge < -0.3 is 20.4 Å². The standard InChI is InChI=1S/C24H28FN7O2/c1-3-32-11-16-17(29-32)5-4-14(20(16)25)15-10-27-21-19(15)22(33)30(2)23(28-21)31-8-6-24(7-9-31)13-34-12-18(24)26/h4-5,10-11,18,27H,3,6-9,12-13,26H2,1-2H3/t18-/m1/s1. The van der Waals surface area contributed by atoms with Gasteiger partial charge in [-0.15, -0.1) is 0 Å². The Morgan fingerprint density at radius 1 is 1.29 bits per heavy atom. The van der Waals surface area contributed by atoms with Crippen LogP contribution in [-0.2, 0) is 18.3 Å². The highest BCUT2D eigenvalue weighted by Crippen LogP contribution is 2.39. The van der Waals surface area contributed by atoms with Crippen LogP contribution in [0.4, 0.5) is 10.3 Å². The predicted octanol–water partition coefficient (Wildman–Crippen LogP) is 2.38. The lowest BCUT2D eigenvalue weighted by Crippen LogP contribution is -2.50. The highest BCUT2D eigenvalue weighted by Gasteiger charge is 2.44. The number of hydrogen-bond donors (Lipinski definition) is 2. The number of rotatable bonds is 3. The molecule has 2 saturated heterocycles. The first-order valence-electron chi connectivity index (χ1n) is 11.7. The number of H-pyrrole nitrogens is 1. The van der Waals surface area contributed by atoms with Crippen molar-refractivity contribution in [3.05, 3.63) is 40.7 Å². The smallest absolute Gasteiger partial charge is 0.264 e. The second-order valence-electron chi connectivity index (χ2n) is 9.52. The number of aromatic nitrogens is 5. The second kappa shape index (κ2) is 7.64. The zero-order valence-corrected chi connectivity index (χ0v) is 19.3. The summed E-state index contributed by atoms with van der Waals surface area (Å²) in [6, 6.07) is 3.51. The van der Waals surface area contributed by atoms with Crippen molar-refractivity contribution in [2.24, 2.45) is 18.2 Å². The third-order valence-corrected chi connectivity index (χ3v) is 7.69. The zero-order valence-electron chi connectivity index (χ0n) is 19.3. The molecule has 1 spiro atoms. The molecule has 1 aromatic carbocycles. The van der Waals surface area contributed by atoms with Gasteiger partial charge in [-0.2, -0.15) is 10.1 Å². The van der Waals surface area contributed by atoms with Crippen molar-refractivity contribution in [3.8, 4) is 11.1 Å². The molecule has 0 bridgehead atoms. The molecule has 2 aliphatic rings. The summed E-state index contributed by atoms with van der Waals surface area (Å²) < 4.78 is 24.4. The van der Waals surface area contributed by atoms with E-state index in [2.05, 4.69) is 15.0 Å². The van der Waals surface area contributed by atoms with Gasteiger partial charge in [0.2, 0.25) is 5.95 Å². The minimum atomic E-state index is -0.388. The van der Waals surface area contributed by atoms with Crippen molar-refractivity contribution >= 4 is 27.9 Å². The lowest BCUT2D eigenvalue weighted by atomic mass is 9.75. The molecule has 4 aromatic rings. The molecule has 3 aromatic heterocycles. The third kappa shape index (κ3) is 3.01. The largest absolute Gasteiger partial charge is 0.379 e. The van der Waals surface area contributed by atoms with E-state index in [9.17, 15) is 4.79 Å². The summed E-state index contributed by atoms with van der Waals surface area (Å²) in [5.74, 6) is 0.217. The Labute approximate surface area is 195 Å². The maximum atomic E-state index is 15.5. The van der Waals surface area contributed by atoms with Crippen molar-refractivity contribution in [1.29, 1.82) is 0 Å². The van der Waals surface area contributed by atoms with Gasteiger partial charge in [-0.25, -0.2) is 4.39 Å². The molecule has 34 heavy (non-hydrogen) atoms. The van der Waals surface area contributed by atoms with Crippen LogP contribution in [0.25, 0.3) is 33.1 Å². The van der Waals surface area contributed by atoms with E-state index in [0.717, 1.165) is 25.9 Å². The van der Waals surface area contributed by atoms with Crippen LogP contribution in [0.2, 0.25) is 0 Å². The van der Waals surface area contributed by atoms with Gasteiger partial charge in [0.1, 0.15) is 11.5 Å². The van der Waals surface area contributed by atoms with Crippen LogP contribution in [0.15, 0.2) is 29.3 Å².